The smallest absolute Gasteiger partial charge is 0.329 e. The summed E-state index contributed by atoms with van der Waals surface area (Å²) in [7, 11) is 0. The number of carbonyl (C=O) groups is 2. The van der Waals surface area contributed by atoms with Crippen molar-refractivity contribution in [2.24, 2.45) is 5.92 Å². The molecule has 53 heavy (non-hydrogen) atoms. The lowest BCUT2D eigenvalue weighted by Crippen LogP contribution is -2.50. The Kier molecular flexibility index (Phi) is 10.9. The van der Waals surface area contributed by atoms with Crippen LogP contribution in [0.25, 0.3) is 16.6 Å². The molecule has 3 aromatic heterocycles. The van der Waals surface area contributed by atoms with E-state index in [1.807, 2.05) is 10.6 Å². The highest BCUT2D eigenvalue weighted by Gasteiger charge is 2.28. The largest absolute Gasteiger partial charge is 0.493 e. The molecule has 8 rings (SSSR count). The standard InChI is InChI=1S/C38H47FN8O5S/c39-30-20-28(21-31-36(30)37(49)42-32(41-31)24-53-29-7-17-51-18-8-29)52-23-25-1-9-44(10-2-25)15-16-45-11-3-26(4-12-45)27-5-13-46-33(19-27)40-22-35(46)47-14-6-34(48)43-38(47)50/h5,13,19-22,25-26,29H,1-4,6-12,14-18,23-24H2,(H,41,42,49)(H,43,48,50). The first-order valence-corrected chi connectivity index (χ1v) is 20.0. The summed E-state index contributed by atoms with van der Waals surface area (Å²) in [5, 5.41) is 2.83. The summed E-state index contributed by atoms with van der Waals surface area (Å²) in [6, 6.07) is 6.87. The minimum absolute atomic E-state index is 0.0221. The van der Waals surface area contributed by atoms with E-state index in [1.165, 1.54) is 11.6 Å². The number of thioether (sulfide) groups is 1. The van der Waals surface area contributed by atoms with E-state index in [0.29, 0.717) is 58.9 Å². The molecule has 0 radical (unpaired) electrons. The van der Waals surface area contributed by atoms with E-state index in [1.54, 1.807) is 28.9 Å². The van der Waals surface area contributed by atoms with E-state index in [9.17, 15) is 14.4 Å². The molecule has 4 fully saturated rings. The van der Waals surface area contributed by atoms with Crippen molar-refractivity contribution in [1.82, 2.24) is 34.5 Å². The highest BCUT2D eigenvalue weighted by atomic mass is 32.2. The van der Waals surface area contributed by atoms with Crippen LogP contribution in [0.3, 0.4) is 0 Å². The van der Waals surface area contributed by atoms with Crippen molar-refractivity contribution in [2.45, 2.75) is 61.9 Å². The number of piperidine rings is 2. The number of amides is 3. The summed E-state index contributed by atoms with van der Waals surface area (Å²) in [6.45, 7) is 8.63. The molecular formula is C38H47FN8O5S. The van der Waals surface area contributed by atoms with Gasteiger partial charge in [-0.2, -0.15) is 11.8 Å². The van der Waals surface area contributed by atoms with Crippen molar-refractivity contribution in [3.63, 3.8) is 0 Å². The summed E-state index contributed by atoms with van der Waals surface area (Å²) in [6.07, 6.45) is 10.2. The van der Waals surface area contributed by atoms with Gasteiger partial charge in [0.15, 0.2) is 0 Å². The quantitative estimate of drug-likeness (QED) is 0.225. The van der Waals surface area contributed by atoms with Gasteiger partial charge in [0.2, 0.25) is 5.91 Å². The van der Waals surface area contributed by atoms with E-state index in [-0.39, 0.29) is 17.7 Å². The van der Waals surface area contributed by atoms with Gasteiger partial charge in [-0.15, -0.1) is 0 Å². The summed E-state index contributed by atoms with van der Waals surface area (Å²) in [5.41, 5.74) is 1.97. The number of ether oxygens (including phenoxy) is 2. The van der Waals surface area contributed by atoms with Gasteiger partial charge in [-0.1, -0.05) is 0 Å². The fraction of sp³-hybridized carbons (Fsp3) is 0.553. The number of benzene rings is 1. The number of fused-ring (bicyclic) bond motifs is 2. The van der Waals surface area contributed by atoms with Crippen molar-refractivity contribution in [3.05, 3.63) is 64.2 Å². The van der Waals surface area contributed by atoms with E-state index in [0.717, 1.165) is 96.7 Å². The summed E-state index contributed by atoms with van der Waals surface area (Å²) >= 11 is 1.76. The average Bonchev–Trinajstić information content (AvgIpc) is 3.59. The van der Waals surface area contributed by atoms with Crippen LogP contribution < -0.4 is 20.5 Å². The third-order valence-electron chi connectivity index (χ3n) is 11.2. The van der Waals surface area contributed by atoms with Gasteiger partial charge in [-0.05, 0) is 94.2 Å². The van der Waals surface area contributed by atoms with Crippen LogP contribution in [0, 0.1) is 11.7 Å². The first-order chi connectivity index (χ1) is 25.9. The number of aromatic nitrogens is 4. The number of imide groups is 1. The number of hydrogen-bond acceptors (Lipinski definition) is 10. The summed E-state index contributed by atoms with van der Waals surface area (Å²) < 4.78 is 28.5. The van der Waals surface area contributed by atoms with Crippen LogP contribution in [0.1, 0.15) is 62.3 Å². The zero-order chi connectivity index (χ0) is 36.3. The maximum absolute atomic E-state index is 15.0. The lowest BCUT2D eigenvalue weighted by molar-refractivity contribution is -0.120. The fourth-order valence-corrected chi connectivity index (χ4v) is 9.08. The third-order valence-corrected chi connectivity index (χ3v) is 12.6. The number of nitrogens with zero attached hydrogens (tertiary/aromatic N) is 6. The highest BCUT2D eigenvalue weighted by molar-refractivity contribution is 7.99. The number of pyridine rings is 1. The maximum Gasteiger partial charge on any atom is 0.329 e. The molecule has 0 saturated carbocycles. The monoisotopic (exact) mass is 746 g/mol. The molecule has 0 atom stereocenters. The third kappa shape index (κ3) is 8.37. The number of urea groups is 1. The van der Waals surface area contributed by atoms with Crippen molar-refractivity contribution in [3.8, 4) is 5.75 Å². The van der Waals surface area contributed by atoms with Crippen molar-refractivity contribution in [1.29, 1.82) is 0 Å². The second kappa shape index (κ2) is 16.1. The molecule has 3 amide bonds. The molecule has 0 spiro atoms. The minimum atomic E-state index is -0.605. The first-order valence-electron chi connectivity index (χ1n) is 18.9. The average molecular weight is 747 g/mol. The van der Waals surface area contributed by atoms with Crippen molar-refractivity contribution in [2.75, 3.05) is 70.5 Å². The lowest BCUT2D eigenvalue weighted by Gasteiger charge is -2.36. The summed E-state index contributed by atoms with van der Waals surface area (Å²) in [5.74, 6) is 2.23. The molecule has 4 saturated heterocycles. The number of rotatable bonds is 11. The molecule has 2 N–H and O–H groups in total. The molecule has 13 nitrogen and oxygen atoms in total. The van der Waals surface area contributed by atoms with E-state index < -0.39 is 17.4 Å². The van der Waals surface area contributed by atoms with Gasteiger partial charge in [0, 0.05) is 62.8 Å². The van der Waals surface area contributed by atoms with Crippen LogP contribution >= 0.6 is 11.8 Å². The lowest BCUT2D eigenvalue weighted by atomic mass is 9.90. The van der Waals surface area contributed by atoms with Gasteiger partial charge in [0.05, 0.1) is 24.1 Å². The molecular weight excluding hydrogens is 700 g/mol. The van der Waals surface area contributed by atoms with Crippen molar-refractivity contribution >= 4 is 46.1 Å². The van der Waals surface area contributed by atoms with Crippen LogP contribution in [0.15, 0.2) is 41.5 Å². The van der Waals surface area contributed by atoms with Crippen LogP contribution in [-0.2, 0) is 15.3 Å². The minimum Gasteiger partial charge on any atom is -0.493 e. The van der Waals surface area contributed by atoms with Crippen LogP contribution in [0.5, 0.6) is 5.75 Å². The Hall–Kier alpha value is -4.05. The van der Waals surface area contributed by atoms with Crippen LogP contribution in [0.2, 0.25) is 0 Å². The van der Waals surface area contributed by atoms with Gasteiger partial charge in [0.25, 0.3) is 5.56 Å². The number of carbonyl (C=O) groups excluding carboxylic acids is 2. The van der Waals surface area contributed by atoms with Crippen LogP contribution in [0.4, 0.5) is 15.0 Å². The molecule has 4 aromatic rings. The normalized spacial score (nSPS) is 20.4. The van der Waals surface area contributed by atoms with E-state index in [2.05, 4.69) is 42.2 Å². The molecule has 7 heterocycles. The molecule has 0 bridgehead atoms. The SMILES string of the molecule is O=C1CCN(c2cnc3cc(C4CCN(CCN5CCC(COc6cc(F)c7c(=O)[nH]c(CSC8CCOCC8)nc7c6)CC5)CC4)ccn23)C(=O)N1. The Balaban J connectivity index is 0.768. The number of anilines is 1. The number of halogens is 1. The summed E-state index contributed by atoms with van der Waals surface area (Å²) in [4.78, 5) is 55.2. The Morgan fingerprint density at radius 1 is 0.943 bits per heavy atom. The maximum atomic E-state index is 15.0. The molecule has 0 aliphatic carbocycles. The van der Waals surface area contributed by atoms with E-state index in [4.69, 9.17) is 9.47 Å². The molecule has 4 aliphatic heterocycles. The van der Waals surface area contributed by atoms with Crippen LogP contribution in [-0.4, -0.2) is 112 Å². The number of imidazole rings is 1. The second-order valence-corrected chi connectivity index (χ2v) is 16.0. The Labute approximate surface area is 311 Å². The second-order valence-electron chi connectivity index (χ2n) is 14.7. The first kappa shape index (κ1) is 36.0. The molecule has 0 unspecified atom stereocenters. The van der Waals surface area contributed by atoms with E-state index >= 15 is 4.39 Å². The molecule has 1 aromatic carbocycles. The number of H-pyrrole nitrogens is 1. The number of likely N-dealkylation sites (tertiary alicyclic amines) is 2. The number of aromatic amines is 1. The molecule has 15 heteroatoms. The Morgan fingerprint density at radius 3 is 2.45 bits per heavy atom. The molecule has 282 valence electrons. The molecule has 4 aliphatic rings. The van der Waals surface area contributed by atoms with Gasteiger partial charge >= 0.3 is 6.03 Å². The number of hydrogen-bond donors (Lipinski definition) is 2. The topological polar surface area (TPSA) is 137 Å². The zero-order valence-corrected chi connectivity index (χ0v) is 30.8. The van der Waals surface area contributed by atoms with Gasteiger partial charge in [-0.3, -0.25) is 24.2 Å². The van der Waals surface area contributed by atoms with Gasteiger partial charge in [-0.25, -0.2) is 19.2 Å². The Morgan fingerprint density at radius 2 is 1.70 bits per heavy atom. The van der Waals surface area contributed by atoms with Gasteiger partial charge < -0.3 is 24.3 Å². The predicted octanol–water partition coefficient (Wildman–Crippen LogP) is 4.54. The Bertz CT molecular complexity index is 2000. The highest BCUT2D eigenvalue weighted by Crippen LogP contribution is 2.31. The zero-order valence-electron chi connectivity index (χ0n) is 29.9. The van der Waals surface area contributed by atoms with Crippen molar-refractivity contribution < 1.29 is 23.5 Å². The van der Waals surface area contributed by atoms with Gasteiger partial charge in [0.1, 0.15) is 34.2 Å². The fourth-order valence-electron chi connectivity index (χ4n) is 8.02. The number of nitrogens with one attached hydrogen (secondary N) is 2. The predicted molar refractivity (Wildman–Crippen MR) is 201 cm³/mol.